The van der Waals surface area contributed by atoms with Crippen LogP contribution < -0.4 is 10.6 Å². The van der Waals surface area contributed by atoms with Gasteiger partial charge in [0, 0.05) is 72.6 Å². The molecule has 6 aliphatic rings. The van der Waals surface area contributed by atoms with E-state index in [2.05, 4.69) is 15.6 Å². The van der Waals surface area contributed by atoms with Crippen LogP contribution in [0.4, 0.5) is 11.4 Å². The zero-order chi connectivity index (χ0) is 52.1. The number of aromatic nitrogens is 1. The van der Waals surface area contributed by atoms with E-state index in [1.807, 2.05) is 155 Å². The number of likely N-dealkylation sites (N-methyl/N-ethyl adjacent to an activating group) is 2. The predicted octanol–water partition coefficient (Wildman–Crippen LogP) is 7.23. The van der Waals surface area contributed by atoms with E-state index in [1.54, 1.807) is 18.3 Å². The number of amides is 6. The number of hydrogen-bond donors (Lipinski definition) is 2. The van der Waals surface area contributed by atoms with Crippen molar-refractivity contribution in [3.8, 4) is 22.8 Å². The highest BCUT2D eigenvalue weighted by Crippen LogP contribution is 2.51. The van der Waals surface area contributed by atoms with Gasteiger partial charge in [-0.2, -0.15) is 0 Å². The van der Waals surface area contributed by atoms with Crippen molar-refractivity contribution in [2.75, 3.05) is 51.9 Å². The van der Waals surface area contributed by atoms with Gasteiger partial charge in [0.2, 0.25) is 41.3 Å². The van der Waals surface area contributed by atoms with Gasteiger partial charge in [0.05, 0.1) is 6.20 Å². The van der Waals surface area contributed by atoms with Crippen LogP contribution in [0, 0.1) is 11.8 Å². The van der Waals surface area contributed by atoms with Crippen LogP contribution in [0.15, 0.2) is 120 Å². The van der Waals surface area contributed by atoms with E-state index < -0.39 is 24.2 Å². The molecule has 5 heterocycles. The van der Waals surface area contributed by atoms with Crippen molar-refractivity contribution in [2.24, 2.45) is 11.8 Å². The molecular weight excluding hydrogens is 947 g/mol. The fraction of sp³-hybridized carbons (Fsp3) is 0.441. The number of rotatable bonds is 16. The largest absolute Gasteiger partial charge is 0.436 e. The molecule has 0 spiro atoms. The van der Waals surface area contributed by atoms with Gasteiger partial charge in [0.1, 0.15) is 24.2 Å². The van der Waals surface area contributed by atoms with Crippen LogP contribution in [-0.2, 0) is 28.8 Å². The van der Waals surface area contributed by atoms with E-state index in [0.29, 0.717) is 60.8 Å². The number of nitrogens with one attached hydrogen (secondary N) is 2. The molecule has 1 aromatic heterocycles. The number of carbonyl (C=O) groups is 6. The van der Waals surface area contributed by atoms with Crippen molar-refractivity contribution in [3.63, 3.8) is 0 Å². The number of nitrogens with zero attached hydrogens (tertiary/aromatic N) is 7. The maximum Gasteiger partial charge on any atom is 0.245 e. The second kappa shape index (κ2) is 20.9. The van der Waals surface area contributed by atoms with Crippen LogP contribution in [0.3, 0.4) is 0 Å². The van der Waals surface area contributed by atoms with Crippen molar-refractivity contribution in [3.05, 3.63) is 127 Å². The average molecular weight is 1010 g/mol. The van der Waals surface area contributed by atoms with Crippen LogP contribution in [0.25, 0.3) is 22.8 Å². The number of hydrogen-bond acceptors (Lipinski definition) is 10. The number of benzene rings is 4. The van der Waals surface area contributed by atoms with E-state index in [0.717, 1.165) is 60.8 Å². The van der Waals surface area contributed by atoms with Crippen LogP contribution in [0.2, 0.25) is 0 Å². The maximum atomic E-state index is 14.3. The summed E-state index contributed by atoms with van der Waals surface area (Å²) in [5.74, 6) is 1.09. The molecule has 390 valence electrons. The highest BCUT2D eigenvalue weighted by atomic mass is 16.4. The summed E-state index contributed by atoms with van der Waals surface area (Å²) in [7, 11) is 7.60. The van der Waals surface area contributed by atoms with Crippen LogP contribution in [-0.4, -0.2) is 147 Å². The van der Waals surface area contributed by atoms with E-state index in [4.69, 9.17) is 4.42 Å². The number of fused-ring (bicyclic) bond motifs is 2. The molecule has 0 unspecified atom stereocenters. The Hall–Kier alpha value is -7.17. The standard InChI is InChI=1S/C59H67N9O7/c1-63(2)53(37-13-7-5-8-14-37)58(73)67-46-29-40(46)31-48(67)56(71)65-27-11-17-44(65)33-51(69)61-42-23-19-36(20-24-42)50-35-60-55(75-50)39-21-25-43(26-22-39)62-52(70)34-45-18-12-28-66(45)57(72)49-32-41-30-47(41)68(49)59(74)54(64(3)4)38-15-9-6-10-16-38/h5-10,13-16,19-26,35,40-41,44-49,53-54H,11-12,17-18,27-34H2,1-4H3,(H,61,69)(H,62,70)/t40-,41-,44-,45-,46-,47-,48-,49-,53+,54+/m0/s1. The van der Waals surface area contributed by atoms with Gasteiger partial charge in [0.25, 0.3) is 0 Å². The molecule has 0 bridgehead atoms. The Balaban J connectivity index is 0.660. The number of likely N-dealkylation sites (tertiary alicyclic amines) is 4. The normalized spacial score (nSPS) is 25.3. The van der Waals surface area contributed by atoms with Gasteiger partial charge in [-0.1, -0.05) is 60.7 Å². The van der Waals surface area contributed by atoms with Crippen molar-refractivity contribution in [1.82, 2.24) is 34.4 Å². The highest BCUT2D eigenvalue weighted by molar-refractivity contribution is 5.96. The van der Waals surface area contributed by atoms with Crippen LogP contribution in [0.5, 0.6) is 0 Å². The van der Waals surface area contributed by atoms with Gasteiger partial charge in [-0.3, -0.25) is 38.6 Å². The summed E-state index contributed by atoms with van der Waals surface area (Å²) >= 11 is 0. The molecule has 75 heavy (non-hydrogen) atoms. The lowest BCUT2D eigenvalue weighted by atomic mass is 10.0. The molecule has 4 aromatic carbocycles. The molecule has 2 saturated carbocycles. The minimum atomic E-state index is -0.519. The third kappa shape index (κ3) is 10.2. The monoisotopic (exact) mass is 1010 g/mol. The summed E-state index contributed by atoms with van der Waals surface area (Å²) in [6, 6.07) is 31.7. The lowest BCUT2D eigenvalue weighted by Gasteiger charge is -2.36. The molecule has 6 amide bonds. The smallest absolute Gasteiger partial charge is 0.245 e. The molecule has 2 aliphatic carbocycles. The molecule has 4 aliphatic heterocycles. The van der Waals surface area contributed by atoms with E-state index >= 15 is 0 Å². The number of anilines is 2. The molecule has 11 rings (SSSR count). The number of oxazole rings is 1. The second-order valence-corrected chi connectivity index (χ2v) is 22.0. The number of carbonyl (C=O) groups excluding carboxylic acids is 6. The summed E-state index contributed by atoms with van der Waals surface area (Å²) in [5, 5.41) is 6.03. The number of piperidine rings is 2. The SMILES string of the molecule is CN(C)[C@@H](C(=O)N1[C@H](C(=O)N2CCC[C@H]2CC(=O)Nc2ccc(-c3cnc(-c4ccc(NC(=O)C[C@@H]5CCCN5C(=O)[C@@H]5C[C@@H]6C[C@@H]6N5C(=O)[C@@H](c5ccccc5)N(C)C)cc4)o3)cc2)C[C@@H]2C[C@@H]21)c1ccccc1. The zero-order valence-corrected chi connectivity index (χ0v) is 43.2. The zero-order valence-electron chi connectivity index (χ0n) is 43.2. The minimum Gasteiger partial charge on any atom is -0.436 e. The minimum absolute atomic E-state index is 0.0399. The average Bonchev–Trinajstić information content (AvgIpc) is 3.86. The Bertz CT molecular complexity index is 2730. The summed E-state index contributed by atoms with van der Waals surface area (Å²) < 4.78 is 6.17. The Morgan fingerprint density at radius 3 is 1.43 bits per heavy atom. The van der Waals surface area contributed by atoms with Gasteiger partial charge < -0.3 is 34.7 Å². The Kier molecular flexibility index (Phi) is 13.9. The van der Waals surface area contributed by atoms with Crippen LogP contribution >= 0.6 is 0 Å². The van der Waals surface area contributed by atoms with E-state index in [1.165, 1.54) is 0 Å². The molecule has 4 saturated heterocycles. The van der Waals surface area contributed by atoms with Gasteiger partial charge in [-0.25, -0.2) is 4.98 Å². The molecule has 6 fully saturated rings. The van der Waals surface area contributed by atoms with Gasteiger partial charge in [-0.15, -0.1) is 0 Å². The molecule has 10 atom stereocenters. The topological polar surface area (TPSA) is 172 Å². The second-order valence-electron chi connectivity index (χ2n) is 22.0. The van der Waals surface area contributed by atoms with Crippen LogP contribution in [0.1, 0.15) is 87.4 Å². The fourth-order valence-electron chi connectivity index (χ4n) is 12.7. The lowest BCUT2D eigenvalue weighted by Crippen LogP contribution is -2.53. The molecule has 16 nitrogen and oxygen atoms in total. The molecule has 16 heteroatoms. The first kappa shape index (κ1) is 50.0. The Morgan fingerprint density at radius 2 is 1.00 bits per heavy atom. The lowest BCUT2D eigenvalue weighted by molar-refractivity contribution is -0.148. The first-order chi connectivity index (χ1) is 36.3. The predicted molar refractivity (Wildman–Crippen MR) is 283 cm³/mol. The van der Waals surface area contributed by atoms with Gasteiger partial charge in [0.15, 0.2) is 5.76 Å². The molecule has 2 N–H and O–H groups in total. The molecule has 0 radical (unpaired) electrons. The fourth-order valence-corrected chi connectivity index (χ4v) is 12.7. The quantitative estimate of drug-likeness (QED) is 0.103. The van der Waals surface area contributed by atoms with Gasteiger partial charge in [-0.05, 0) is 151 Å². The molecular formula is C59H67N9O7. The molecule has 5 aromatic rings. The highest BCUT2D eigenvalue weighted by Gasteiger charge is 2.59. The third-order valence-corrected chi connectivity index (χ3v) is 16.6. The first-order valence-corrected chi connectivity index (χ1v) is 26.8. The van der Waals surface area contributed by atoms with Crippen molar-refractivity contribution in [2.45, 2.75) is 113 Å². The van der Waals surface area contributed by atoms with E-state index in [9.17, 15) is 28.8 Å². The Labute approximate surface area is 438 Å². The maximum absolute atomic E-state index is 14.3. The Morgan fingerprint density at radius 1 is 0.573 bits per heavy atom. The third-order valence-electron chi connectivity index (χ3n) is 16.6. The summed E-state index contributed by atoms with van der Waals surface area (Å²) in [6.07, 6.45) is 8.23. The van der Waals surface area contributed by atoms with Crippen molar-refractivity contribution in [1.29, 1.82) is 0 Å². The summed E-state index contributed by atoms with van der Waals surface area (Å²) in [4.78, 5) is 99.6. The van der Waals surface area contributed by atoms with Crippen molar-refractivity contribution < 1.29 is 33.2 Å². The summed E-state index contributed by atoms with van der Waals surface area (Å²) in [6.45, 7) is 1.14. The van der Waals surface area contributed by atoms with Gasteiger partial charge >= 0.3 is 0 Å². The van der Waals surface area contributed by atoms with E-state index in [-0.39, 0.29) is 72.5 Å². The first-order valence-electron chi connectivity index (χ1n) is 26.8. The summed E-state index contributed by atoms with van der Waals surface area (Å²) in [5.41, 5.74) is 4.54. The van der Waals surface area contributed by atoms with Crippen molar-refractivity contribution >= 4 is 46.8 Å².